The smallest absolute Gasteiger partial charge is 0.417 e. The molecule has 1 aliphatic heterocycles. The Morgan fingerprint density at radius 3 is 2.27 bits per heavy atom. The largest absolute Gasteiger partial charge is 0.441 e. The lowest BCUT2D eigenvalue weighted by Gasteiger charge is -2.24. The molecule has 9 nitrogen and oxygen atoms in total. The number of nitrogens with one attached hydrogen (secondary N) is 1. The minimum absolute atomic E-state index is 0.286. The molecular weight excluding hydrogens is 630 g/mol. The Morgan fingerprint density at radius 2 is 1.56 bits per heavy atom. The van der Waals surface area contributed by atoms with Crippen molar-refractivity contribution >= 4 is 35.4 Å². The summed E-state index contributed by atoms with van der Waals surface area (Å²) >= 11 is 6.30. The number of aromatic nitrogens is 1. The molecule has 244 valence electrons. The lowest BCUT2D eigenvalue weighted by atomic mass is 9.88. The number of nitrogens with zero attached hydrogens (tertiary/aromatic N) is 2. The van der Waals surface area contributed by atoms with Gasteiger partial charge in [0.1, 0.15) is 23.6 Å². The number of aryl methyl sites for hydroxylation is 1. The predicted octanol–water partition coefficient (Wildman–Crippen LogP) is 9.49. The van der Waals surface area contributed by atoms with E-state index >= 15 is 0 Å². The van der Waals surface area contributed by atoms with Crippen LogP contribution in [0.3, 0.4) is 0 Å². The Morgan fingerprint density at radius 1 is 0.896 bits per heavy atom. The molecule has 0 saturated carbocycles. The molecule has 1 aromatic heterocycles. The van der Waals surface area contributed by atoms with Crippen LogP contribution in [0.5, 0.6) is 0 Å². The summed E-state index contributed by atoms with van der Waals surface area (Å²) in [5, 5.41) is 7.37. The third-order valence-corrected chi connectivity index (χ3v) is 8.93. The summed E-state index contributed by atoms with van der Waals surface area (Å²) in [4.78, 5) is 41.5. The maximum atomic E-state index is 14.1. The highest BCUT2D eigenvalue weighted by atomic mass is 35.5. The van der Waals surface area contributed by atoms with Crippen molar-refractivity contribution in [3.05, 3.63) is 131 Å². The molecule has 10 heteroatoms. The van der Waals surface area contributed by atoms with Crippen molar-refractivity contribution in [2.45, 2.75) is 51.9 Å². The molecule has 1 fully saturated rings. The topological polar surface area (TPSA) is 111 Å². The second kappa shape index (κ2) is 13.8. The highest BCUT2D eigenvalue weighted by Gasteiger charge is 2.45. The van der Waals surface area contributed by atoms with E-state index in [9.17, 15) is 14.4 Å². The van der Waals surface area contributed by atoms with E-state index in [2.05, 4.69) is 10.5 Å². The molecule has 1 saturated heterocycles. The number of carbonyl (C=O) groups excluding carboxylic acids is 3. The van der Waals surface area contributed by atoms with Crippen molar-refractivity contribution < 1.29 is 28.4 Å². The summed E-state index contributed by atoms with van der Waals surface area (Å²) in [7, 11) is 0. The third kappa shape index (κ3) is 6.41. The van der Waals surface area contributed by atoms with Gasteiger partial charge in [0, 0.05) is 16.1 Å². The SMILES string of the molecule is Cc1noc(-c2ccc(-c3ccccc3)c([C@@H](C)C(=O)N3C(=O)O[C@@H](c4ccccc4)[C@H]3C)c2)c1NC(=O)O[C@H](C)c1ccccc1Cl. The number of imide groups is 1. The van der Waals surface area contributed by atoms with Gasteiger partial charge in [-0.05, 0) is 62.1 Å². The monoisotopic (exact) mass is 663 g/mol. The van der Waals surface area contributed by atoms with E-state index in [1.54, 1.807) is 39.0 Å². The Labute approximate surface area is 283 Å². The highest BCUT2D eigenvalue weighted by molar-refractivity contribution is 6.31. The van der Waals surface area contributed by atoms with Gasteiger partial charge in [-0.1, -0.05) is 108 Å². The van der Waals surface area contributed by atoms with Crippen LogP contribution in [-0.2, 0) is 14.3 Å². The van der Waals surface area contributed by atoms with Crippen LogP contribution in [0.2, 0.25) is 5.02 Å². The summed E-state index contributed by atoms with van der Waals surface area (Å²) in [5.41, 5.74) is 5.16. The number of halogens is 1. The van der Waals surface area contributed by atoms with Crippen LogP contribution in [0.1, 0.15) is 61.3 Å². The van der Waals surface area contributed by atoms with E-state index < -0.39 is 42.3 Å². The molecule has 0 aliphatic carbocycles. The molecule has 3 amide bonds. The minimum Gasteiger partial charge on any atom is -0.441 e. The van der Waals surface area contributed by atoms with Crippen LogP contribution in [0.4, 0.5) is 15.3 Å². The van der Waals surface area contributed by atoms with Crippen molar-refractivity contribution in [1.82, 2.24) is 10.1 Å². The quantitative estimate of drug-likeness (QED) is 0.176. The number of hydrogen-bond donors (Lipinski definition) is 1. The maximum Gasteiger partial charge on any atom is 0.417 e. The van der Waals surface area contributed by atoms with E-state index in [-0.39, 0.29) is 5.76 Å². The first-order valence-electron chi connectivity index (χ1n) is 15.6. The van der Waals surface area contributed by atoms with E-state index in [1.165, 1.54) is 4.90 Å². The van der Waals surface area contributed by atoms with Crippen LogP contribution in [0.25, 0.3) is 22.5 Å². The first-order chi connectivity index (χ1) is 23.1. The molecule has 4 aromatic carbocycles. The van der Waals surface area contributed by atoms with Gasteiger partial charge in [0.25, 0.3) is 0 Å². The Balaban J connectivity index is 1.32. The van der Waals surface area contributed by atoms with E-state index in [1.807, 2.05) is 91.9 Å². The summed E-state index contributed by atoms with van der Waals surface area (Å²) in [6, 6.07) is 31.2. The fourth-order valence-electron chi connectivity index (χ4n) is 6.00. The van der Waals surface area contributed by atoms with Crippen LogP contribution in [0.15, 0.2) is 108 Å². The van der Waals surface area contributed by atoms with Crippen LogP contribution in [-0.4, -0.2) is 34.2 Å². The third-order valence-electron chi connectivity index (χ3n) is 8.59. The van der Waals surface area contributed by atoms with Crippen molar-refractivity contribution in [2.75, 3.05) is 5.32 Å². The number of rotatable bonds is 8. The molecule has 0 radical (unpaired) electrons. The summed E-state index contributed by atoms with van der Waals surface area (Å²) in [6.45, 7) is 7.01. The molecule has 48 heavy (non-hydrogen) atoms. The number of benzene rings is 4. The number of cyclic esters (lactones) is 1. The zero-order chi connectivity index (χ0) is 33.9. The van der Waals surface area contributed by atoms with Crippen LogP contribution >= 0.6 is 11.6 Å². The molecular formula is C38H34ClN3O6. The average Bonchev–Trinajstić information content (AvgIpc) is 3.61. The summed E-state index contributed by atoms with van der Waals surface area (Å²) < 4.78 is 17.0. The molecule has 1 N–H and O–H groups in total. The Kier molecular flexibility index (Phi) is 9.32. The van der Waals surface area contributed by atoms with Gasteiger partial charge < -0.3 is 14.0 Å². The normalized spacial score (nSPS) is 17.0. The van der Waals surface area contributed by atoms with E-state index in [0.29, 0.717) is 33.1 Å². The fraction of sp³-hybridized carbons (Fsp3) is 0.211. The van der Waals surface area contributed by atoms with Gasteiger partial charge in [0.15, 0.2) is 5.76 Å². The first-order valence-corrected chi connectivity index (χ1v) is 16.0. The number of carbonyl (C=O) groups is 3. The molecule has 5 aromatic rings. The van der Waals surface area contributed by atoms with Gasteiger partial charge in [0.05, 0.1) is 12.0 Å². The van der Waals surface area contributed by atoms with E-state index in [0.717, 1.165) is 16.7 Å². The van der Waals surface area contributed by atoms with Crippen molar-refractivity contribution in [3.63, 3.8) is 0 Å². The maximum absolute atomic E-state index is 14.1. The second-order valence-corrected chi connectivity index (χ2v) is 12.1. The standard InChI is InChI=1S/C38H34ClN3O6/c1-22(36(43)42-24(3)34(47-38(42)45)27-15-9-6-10-16-27)31-21-28(19-20-30(31)26-13-7-5-8-14-26)35-33(23(2)41-48-35)40-37(44)46-25(4)29-17-11-12-18-32(29)39/h5-22,24-25,34H,1-4H3,(H,40,44)/t22-,24-,25-,34-/m1/s1. The second-order valence-electron chi connectivity index (χ2n) is 11.7. The summed E-state index contributed by atoms with van der Waals surface area (Å²) in [5.74, 6) is -0.871. The summed E-state index contributed by atoms with van der Waals surface area (Å²) in [6.07, 6.45) is -2.60. The average molecular weight is 664 g/mol. The number of anilines is 1. The Bertz CT molecular complexity index is 1960. The van der Waals surface area contributed by atoms with Crippen LogP contribution in [0, 0.1) is 6.92 Å². The zero-order valence-corrected chi connectivity index (χ0v) is 27.6. The lowest BCUT2D eigenvalue weighted by molar-refractivity contribution is -0.130. The van der Waals surface area contributed by atoms with Gasteiger partial charge >= 0.3 is 12.2 Å². The van der Waals surface area contributed by atoms with Crippen LogP contribution < -0.4 is 5.32 Å². The minimum atomic E-state index is -0.758. The van der Waals surface area contributed by atoms with Crippen molar-refractivity contribution in [1.29, 1.82) is 0 Å². The Hall–Kier alpha value is -5.41. The lowest BCUT2D eigenvalue weighted by Crippen LogP contribution is -2.40. The van der Waals surface area contributed by atoms with E-state index in [4.69, 9.17) is 25.6 Å². The van der Waals surface area contributed by atoms with Gasteiger partial charge in [-0.15, -0.1) is 0 Å². The first kappa shape index (κ1) is 32.5. The van der Waals surface area contributed by atoms with Gasteiger partial charge in [-0.2, -0.15) is 0 Å². The molecule has 2 heterocycles. The molecule has 6 rings (SSSR count). The molecule has 0 unspecified atom stereocenters. The number of ether oxygens (including phenoxy) is 2. The molecule has 0 spiro atoms. The molecule has 4 atom stereocenters. The molecule has 1 aliphatic rings. The van der Waals surface area contributed by atoms with Crippen molar-refractivity contribution in [3.8, 4) is 22.5 Å². The van der Waals surface area contributed by atoms with Gasteiger partial charge in [-0.25, -0.2) is 14.5 Å². The molecule has 0 bridgehead atoms. The highest BCUT2D eigenvalue weighted by Crippen LogP contribution is 2.40. The number of hydrogen-bond acceptors (Lipinski definition) is 7. The fourth-order valence-corrected chi connectivity index (χ4v) is 6.29. The zero-order valence-electron chi connectivity index (χ0n) is 26.8. The number of amides is 3. The van der Waals surface area contributed by atoms with Gasteiger partial charge in [-0.3, -0.25) is 10.1 Å². The predicted molar refractivity (Wildman–Crippen MR) is 182 cm³/mol. The van der Waals surface area contributed by atoms with Crippen molar-refractivity contribution in [2.24, 2.45) is 0 Å². The van der Waals surface area contributed by atoms with Gasteiger partial charge in [0.2, 0.25) is 5.91 Å².